The molecule has 0 saturated heterocycles. The molecule has 46 heavy (non-hydrogen) atoms. The van der Waals surface area contributed by atoms with Gasteiger partial charge in [-0.15, -0.1) is 11.3 Å². The van der Waals surface area contributed by atoms with Crippen LogP contribution in [0.4, 0.5) is 0 Å². The third kappa shape index (κ3) is 5.09. The molecule has 5 heterocycles. The topological polar surface area (TPSA) is 131 Å². The van der Waals surface area contributed by atoms with E-state index in [4.69, 9.17) is 5.10 Å². The van der Waals surface area contributed by atoms with Gasteiger partial charge in [-0.2, -0.15) is 10.2 Å². The van der Waals surface area contributed by atoms with Gasteiger partial charge in [0, 0.05) is 86.0 Å². The fraction of sp³-hybridized carbons (Fsp3) is 0.194. The molecule has 1 aliphatic rings. The first-order valence-corrected chi connectivity index (χ1v) is 16.0. The molecule has 9 nitrogen and oxygen atoms in total. The van der Waals surface area contributed by atoms with Gasteiger partial charge in [0.05, 0.1) is 23.6 Å². The maximum absolute atomic E-state index is 10.9. The zero-order chi connectivity index (χ0) is 31.3. The zero-order valence-corrected chi connectivity index (χ0v) is 25.7. The zero-order valence-electron chi connectivity index (χ0n) is 24.9. The van der Waals surface area contributed by atoms with E-state index in [1.165, 1.54) is 11.3 Å². The van der Waals surface area contributed by atoms with Crippen molar-refractivity contribution in [1.82, 2.24) is 34.9 Å². The van der Waals surface area contributed by atoms with E-state index < -0.39 is 11.2 Å². The molecule has 8 rings (SSSR count). The molecule has 2 aromatic carbocycles. The van der Waals surface area contributed by atoms with Crippen LogP contribution in [0.3, 0.4) is 0 Å². The summed E-state index contributed by atoms with van der Waals surface area (Å²) in [7, 11) is 0. The standard InChI is InChI=1S/C36H29N7O2S/c1-35(44,34-37-12-13-46-34)10-6-23-4-5-31-27(14-23)30(20-38-31)26-19-42-43(22-26)32-16-24(7-11-36(45)8-2-3-9-36)15-28-29(21-39-33(28)32)25-17-40-41-18-25/h4-5,12-22,38-39,44-45H,2-3,8-9H2,1H3,(H,40,41). The van der Waals surface area contributed by atoms with E-state index in [9.17, 15) is 10.2 Å². The van der Waals surface area contributed by atoms with Crippen LogP contribution in [0.15, 0.2) is 79.1 Å². The number of aromatic amines is 3. The molecule has 226 valence electrons. The second kappa shape index (κ2) is 10.9. The van der Waals surface area contributed by atoms with Crippen LogP contribution in [0.25, 0.3) is 49.7 Å². The molecule has 5 aromatic heterocycles. The fourth-order valence-electron chi connectivity index (χ4n) is 6.12. The number of aliphatic hydroxyl groups is 2. The summed E-state index contributed by atoms with van der Waals surface area (Å²) in [5, 5.41) is 37.9. The van der Waals surface area contributed by atoms with Crippen LogP contribution in [-0.4, -0.2) is 50.7 Å². The van der Waals surface area contributed by atoms with Crippen LogP contribution < -0.4 is 0 Å². The van der Waals surface area contributed by atoms with Crippen LogP contribution in [0, 0.1) is 23.7 Å². The van der Waals surface area contributed by atoms with Crippen molar-refractivity contribution in [3.8, 4) is 51.6 Å². The highest BCUT2D eigenvalue weighted by molar-refractivity contribution is 7.09. The number of thiazole rings is 1. The maximum Gasteiger partial charge on any atom is 0.174 e. The van der Waals surface area contributed by atoms with Gasteiger partial charge in [0.15, 0.2) is 5.60 Å². The number of benzene rings is 2. The van der Waals surface area contributed by atoms with Gasteiger partial charge in [-0.1, -0.05) is 23.7 Å². The Kier molecular flexibility index (Phi) is 6.66. The van der Waals surface area contributed by atoms with E-state index in [2.05, 4.69) is 54.9 Å². The number of nitrogens with one attached hydrogen (secondary N) is 3. The van der Waals surface area contributed by atoms with Crippen LogP contribution >= 0.6 is 11.3 Å². The molecule has 1 saturated carbocycles. The minimum absolute atomic E-state index is 0.563. The van der Waals surface area contributed by atoms with E-state index in [-0.39, 0.29) is 0 Å². The predicted molar refractivity (Wildman–Crippen MR) is 179 cm³/mol. The number of hydrogen-bond acceptors (Lipinski definition) is 6. The molecular formula is C36H29N7O2S. The normalized spacial score (nSPS) is 15.4. The van der Waals surface area contributed by atoms with Crippen molar-refractivity contribution in [3.05, 3.63) is 95.2 Å². The van der Waals surface area contributed by atoms with Crippen molar-refractivity contribution in [2.24, 2.45) is 0 Å². The number of nitrogens with zero attached hydrogens (tertiary/aromatic N) is 4. The monoisotopic (exact) mass is 623 g/mol. The maximum atomic E-state index is 10.9. The molecule has 1 atom stereocenters. The summed E-state index contributed by atoms with van der Waals surface area (Å²) >= 11 is 1.38. The molecule has 1 fully saturated rings. The van der Waals surface area contributed by atoms with Crippen molar-refractivity contribution in [3.63, 3.8) is 0 Å². The Morgan fingerprint density at radius 2 is 1.78 bits per heavy atom. The van der Waals surface area contributed by atoms with Crippen molar-refractivity contribution < 1.29 is 10.2 Å². The molecule has 7 aromatic rings. The van der Waals surface area contributed by atoms with Gasteiger partial charge in [0.25, 0.3) is 0 Å². The van der Waals surface area contributed by atoms with Crippen molar-refractivity contribution in [2.45, 2.75) is 43.8 Å². The van der Waals surface area contributed by atoms with Crippen LogP contribution in [-0.2, 0) is 5.60 Å². The molecular weight excluding hydrogens is 595 g/mol. The number of aromatic nitrogens is 7. The summed E-state index contributed by atoms with van der Waals surface area (Å²) in [4.78, 5) is 11.0. The average Bonchev–Trinajstić information content (AvgIpc) is 3.90. The summed E-state index contributed by atoms with van der Waals surface area (Å²) in [5.74, 6) is 12.5. The van der Waals surface area contributed by atoms with Gasteiger partial charge < -0.3 is 20.2 Å². The lowest BCUT2D eigenvalue weighted by molar-refractivity contribution is 0.110. The summed E-state index contributed by atoms with van der Waals surface area (Å²) in [6, 6.07) is 10.0. The Morgan fingerprint density at radius 3 is 2.59 bits per heavy atom. The lowest BCUT2D eigenvalue weighted by Crippen LogP contribution is -2.20. The van der Waals surface area contributed by atoms with Crippen LogP contribution in [0.2, 0.25) is 0 Å². The van der Waals surface area contributed by atoms with Crippen molar-refractivity contribution in [2.75, 3.05) is 0 Å². The molecule has 0 amide bonds. The molecule has 1 unspecified atom stereocenters. The van der Waals surface area contributed by atoms with Crippen LogP contribution in [0.5, 0.6) is 0 Å². The first-order valence-electron chi connectivity index (χ1n) is 15.1. The second-order valence-electron chi connectivity index (χ2n) is 11.9. The summed E-state index contributed by atoms with van der Waals surface area (Å²) in [6.45, 7) is 1.66. The highest BCUT2D eigenvalue weighted by atomic mass is 32.1. The van der Waals surface area contributed by atoms with Crippen LogP contribution in [0.1, 0.15) is 48.7 Å². The summed E-state index contributed by atoms with van der Waals surface area (Å²) in [6.07, 6.45) is 16.5. The summed E-state index contributed by atoms with van der Waals surface area (Å²) in [5.41, 5.74) is 5.92. The lowest BCUT2D eigenvalue weighted by Gasteiger charge is -2.13. The average molecular weight is 624 g/mol. The number of H-pyrrole nitrogens is 3. The lowest BCUT2D eigenvalue weighted by atomic mass is 10.0. The SMILES string of the molecule is CC(O)(C#Cc1ccc2[nH]cc(-c3cnn(-c4cc(C#CC5(O)CCCC5)cc5c(-c6cn[nH]c6)c[nH]c45)c3)c2c1)c1nccs1. The van der Waals surface area contributed by atoms with Gasteiger partial charge in [-0.25, -0.2) is 9.67 Å². The third-order valence-electron chi connectivity index (χ3n) is 8.57. The Labute approximate surface area is 268 Å². The number of rotatable bonds is 4. The first-order chi connectivity index (χ1) is 22.4. The van der Waals surface area contributed by atoms with E-state index in [1.54, 1.807) is 19.3 Å². The van der Waals surface area contributed by atoms with Gasteiger partial charge in [-0.05, 0) is 62.9 Å². The smallest absolute Gasteiger partial charge is 0.174 e. The Bertz CT molecular complexity index is 2330. The van der Waals surface area contributed by atoms with E-state index in [0.717, 1.165) is 73.7 Å². The largest absolute Gasteiger partial charge is 0.378 e. The minimum atomic E-state index is -1.33. The molecule has 0 radical (unpaired) electrons. The molecule has 5 N–H and O–H groups in total. The molecule has 0 bridgehead atoms. The van der Waals surface area contributed by atoms with Gasteiger partial charge in [-0.3, -0.25) is 5.10 Å². The third-order valence-corrected chi connectivity index (χ3v) is 9.55. The molecule has 0 spiro atoms. The second-order valence-corrected chi connectivity index (χ2v) is 12.8. The summed E-state index contributed by atoms with van der Waals surface area (Å²) < 4.78 is 1.86. The molecule has 1 aliphatic carbocycles. The van der Waals surface area contributed by atoms with E-state index in [1.807, 2.05) is 65.3 Å². The number of hydrogen-bond donors (Lipinski definition) is 5. The van der Waals surface area contributed by atoms with Gasteiger partial charge >= 0.3 is 0 Å². The molecule has 0 aliphatic heterocycles. The van der Waals surface area contributed by atoms with E-state index >= 15 is 0 Å². The fourth-order valence-corrected chi connectivity index (χ4v) is 6.77. The number of fused-ring (bicyclic) bond motifs is 2. The van der Waals surface area contributed by atoms with Gasteiger partial charge in [0.1, 0.15) is 10.6 Å². The van der Waals surface area contributed by atoms with Crippen molar-refractivity contribution in [1.29, 1.82) is 0 Å². The quantitative estimate of drug-likeness (QED) is 0.148. The van der Waals surface area contributed by atoms with Gasteiger partial charge in [0.2, 0.25) is 0 Å². The molecule has 10 heteroatoms. The predicted octanol–water partition coefficient (Wildman–Crippen LogP) is 6.26. The highest BCUT2D eigenvalue weighted by Gasteiger charge is 2.28. The van der Waals surface area contributed by atoms with E-state index in [0.29, 0.717) is 17.8 Å². The minimum Gasteiger partial charge on any atom is -0.378 e. The Morgan fingerprint density at radius 1 is 0.957 bits per heavy atom. The highest BCUT2D eigenvalue weighted by Crippen LogP contribution is 2.35. The first kappa shape index (κ1) is 28.1. The van der Waals surface area contributed by atoms with Crippen molar-refractivity contribution >= 4 is 33.1 Å². The Balaban J connectivity index is 1.19. The Hall–Kier alpha value is -5.39.